The lowest BCUT2D eigenvalue weighted by Crippen LogP contribution is -2.09. The molecule has 0 fully saturated rings. The SMILES string of the molecule is COc1cnc(C(O)Cc2c(Cl)cccc2Cl)c(OC)n1. The number of aliphatic hydroxyl groups is 1. The minimum absolute atomic E-state index is 0.199. The van der Waals surface area contributed by atoms with Crippen LogP contribution in [0.3, 0.4) is 0 Å². The molecule has 1 N–H and O–H groups in total. The number of hydrogen-bond donors (Lipinski definition) is 1. The molecule has 0 aliphatic rings. The summed E-state index contributed by atoms with van der Waals surface area (Å²) in [5, 5.41) is 11.3. The van der Waals surface area contributed by atoms with Gasteiger partial charge in [0.05, 0.1) is 20.4 Å². The fourth-order valence-corrected chi connectivity index (χ4v) is 2.41. The Bertz CT molecular complexity index is 617. The third-order valence-electron chi connectivity index (χ3n) is 2.92. The van der Waals surface area contributed by atoms with E-state index in [9.17, 15) is 5.11 Å². The third-order valence-corrected chi connectivity index (χ3v) is 3.63. The summed E-state index contributed by atoms with van der Waals surface area (Å²) < 4.78 is 10.1. The number of hydrogen-bond acceptors (Lipinski definition) is 5. The van der Waals surface area contributed by atoms with Gasteiger partial charge in [-0.05, 0) is 17.7 Å². The van der Waals surface area contributed by atoms with E-state index >= 15 is 0 Å². The summed E-state index contributed by atoms with van der Waals surface area (Å²) in [6.07, 6.45) is 0.668. The molecule has 0 bridgehead atoms. The van der Waals surface area contributed by atoms with E-state index in [1.165, 1.54) is 20.4 Å². The van der Waals surface area contributed by atoms with Crippen LogP contribution in [0, 0.1) is 0 Å². The van der Waals surface area contributed by atoms with Gasteiger partial charge in [0.25, 0.3) is 0 Å². The van der Waals surface area contributed by atoms with E-state index in [0.29, 0.717) is 27.2 Å². The van der Waals surface area contributed by atoms with Crippen LogP contribution in [-0.2, 0) is 6.42 Å². The highest BCUT2D eigenvalue weighted by molar-refractivity contribution is 6.36. The van der Waals surface area contributed by atoms with Crippen molar-refractivity contribution in [2.75, 3.05) is 14.2 Å². The van der Waals surface area contributed by atoms with Crippen LogP contribution in [-0.4, -0.2) is 29.3 Å². The molecule has 2 aromatic rings. The number of methoxy groups -OCH3 is 2. The molecular formula is C14H14Cl2N2O3. The van der Waals surface area contributed by atoms with E-state index in [-0.39, 0.29) is 12.3 Å². The summed E-state index contributed by atoms with van der Waals surface area (Å²) in [6.45, 7) is 0. The topological polar surface area (TPSA) is 64.5 Å². The number of nitrogens with zero attached hydrogens (tertiary/aromatic N) is 2. The van der Waals surface area contributed by atoms with Crippen LogP contribution >= 0.6 is 23.2 Å². The third kappa shape index (κ3) is 3.56. The first-order valence-electron chi connectivity index (χ1n) is 6.12. The van der Waals surface area contributed by atoms with E-state index in [1.54, 1.807) is 18.2 Å². The highest BCUT2D eigenvalue weighted by atomic mass is 35.5. The van der Waals surface area contributed by atoms with Gasteiger partial charge in [0.2, 0.25) is 11.8 Å². The minimum atomic E-state index is -0.948. The number of aliphatic hydroxyl groups excluding tert-OH is 1. The minimum Gasteiger partial charge on any atom is -0.480 e. The fourth-order valence-electron chi connectivity index (χ4n) is 1.86. The molecular weight excluding hydrogens is 315 g/mol. The number of rotatable bonds is 5. The summed E-state index contributed by atoms with van der Waals surface area (Å²) in [6, 6.07) is 5.17. The van der Waals surface area contributed by atoms with E-state index < -0.39 is 6.10 Å². The molecule has 0 spiro atoms. The molecule has 2 rings (SSSR count). The smallest absolute Gasteiger partial charge is 0.241 e. The number of benzene rings is 1. The van der Waals surface area contributed by atoms with Crippen molar-refractivity contribution in [2.24, 2.45) is 0 Å². The molecule has 0 saturated carbocycles. The molecule has 0 radical (unpaired) electrons. The van der Waals surface area contributed by atoms with Crippen LogP contribution in [0.5, 0.6) is 11.8 Å². The van der Waals surface area contributed by atoms with Crippen molar-refractivity contribution in [3.8, 4) is 11.8 Å². The normalized spacial score (nSPS) is 12.0. The van der Waals surface area contributed by atoms with Crippen LogP contribution in [0.2, 0.25) is 10.0 Å². The largest absolute Gasteiger partial charge is 0.480 e. The van der Waals surface area contributed by atoms with Gasteiger partial charge in [-0.2, -0.15) is 4.98 Å². The number of aromatic nitrogens is 2. The van der Waals surface area contributed by atoms with Gasteiger partial charge < -0.3 is 14.6 Å². The molecule has 1 aromatic carbocycles. The summed E-state index contributed by atoms with van der Waals surface area (Å²) in [5.74, 6) is 0.503. The van der Waals surface area contributed by atoms with E-state index in [2.05, 4.69) is 9.97 Å². The number of ether oxygens (including phenoxy) is 2. The molecule has 1 unspecified atom stereocenters. The quantitative estimate of drug-likeness (QED) is 0.913. The Morgan fingerprint density at radius 1 is 1.19 bits per heavy atom. The van der Waals surface area contributed by atoms with Crippen molar-refractivity contribution >= 4 is 23.2 Å². The summed E-state index contributed by atoms with van der Waals surface area (Å²) in [5.41, 5.74) is 0.947. The van der Waals surface area contributed by atoms with Gasteiger partial charge in [-0.1, -0.05) is 29.3 Å². The molecule has 1 heterocycles. The van der Waals surface area contributed by atoms with Gasteiger partial charge in [0.1, 0.15) is 11.8 Å². The van der Waals surface area contributed by atoms with E-state index in [4.69, 9.17) is 32.7 Å². The Balaban J connectivity index is 2.30. The lowest BCUT2D eigenvalue weighted by molar-refractivity contribution is 0.167. The second-order valence-corrected chi connectivity index (χ2v) is 5.04. The molecule has 0 aliphatic carbocycles. The molecule has 112 valence electrons. The van der Waals surface area contributed by atoms with Crippen molar-refractivity contribution in [1.82, 2.24) is 9.97 Å². The monoisotopic (exact) mass is 328 g/mol. The van der Waals surface area contributed by atoms with Crippen molar-refractivity contribution in [1.29, 1.82) is 0 Å². The van der Waals surface area contributed by atoms with Crippen molar-refractivity contribution in [3.63, 3.8) is 0 Å². The molecule has 21 heavy (non-hydrogen) atoms. The van der Waals surface area contributed by atoms with Gasteiger partial charge in [0.15, 0.2) is 0 Å². The predicted molar refractivity (Wildman–Crippen MR) is 80.3 cm³/mol. The van der Waals surface area contributed by atoms with Crippen LogP contribution < -0.4 is 9.47 Å². The first-order valence-corrected chi connectivity index (χ1v) is 6.88. The maximum atomic E-state index is 10.4. The fraction of sp³-hybridized carbons (Fsp3) is 0.286. The molecule has 0 saturated heterocycles. The lowest BCUT2D eigenvalue weighted by atomic mass is 10.1. The molecule has 0 amide bonds. The van der Waals surface area contributed by atoms with Crippen LogP contribution in [0.4, 0.5) is 0 Å². The van der Waals surface area contributed by atoms with Crippen LogP contribution in [0.1, 0.15) is 17.4 Å². The molecule has 1 aromatic heterocycles. The Morgan fingerprint density at radius 2 is 1.86 bits per heavy atom. The average Bonchev–Trinajstić information content (AvgIpc) is 2.50. The van der Waals surface area contributed by atoms with Gasteiger partial charge >= 0.3 is 0 Å². The van der Waals surface area contributed by atoms with Gasteiger partial charge in [0, 0.05) is 16.5 Å². The number of halogens is 2. The summed E-state index contributed by atoms with van der Waals surface area (Å²) in [4.78, 5) is 8.21. The van der Waals surface area contributed by atoms with E-state index in [1.807, 2.05) is 0 Å². The second kappa shape index (κ2) is 6.93. The highest BCUT2D eigenvalue weighted by Crippen LogP contribution is 2.31. The van der Waals surface area contributed by atoms with Gasteiger partial charge in [-0.3, -0.25) is 0 Å². The lowest BCUT2D eigenvalue weighted by Gasteiger charge is -2.15. The summed E-state index contributed by atoms with van der Waals surface area (Å²) >= 11 is 12.2. The van der Waals surface area contributed by atoms with Crippen LogP contribution in [0.15, 0.2) is 24.4 Å². The zero-order valence-corrected chi connectivity index (χ0v) is 13.0. The standard InChI is InChI=1S/C14H14Cl2N2O3/c1-20-12-7-17-13(14(18-12)21-2)11(19)6-8-9(15)4-3-5-10(8)16/h3-5,7,11,19H,6H2,1-2H3. The highest BCUT2D eigenvalue weighted by Gasteiger charge is 2.20. The molecule has 7 heteroatoms. The van der Waals surface area contributed by atoms with E-state index in [0.717, 1.165) is 0 Å². The van der Waals surface area contributed by atoms with Crippen molar-refractivity contribution < 1.29 is 14.6 Å². The first kappa shape index (κ1) is 15.8. The maximum absolute atomic E-state index is 10.4. The summed E-state index contributed by atoms with van der Waals surface area (Å²) in [7, 11) is 2.92. The molecule has 5 nitrogen and oxygen atoms in total. The van der Waals surface area contributed by atoms with Crippen molar-refractivity contribution in [2.45, 2.75) is 12.5 Å². The predicted octanol–water partition coefficient (Wildman–Crippen LogP) is 3.08. The Hall–Kier alpha value is -1.56. The Labute approximate surface area is 132 Å². The zero-order chi connectivity index (χ0) is 15.4. The second-order valence-electron chi connectivity index (χ2n) is 4.23. The van der Waals surface area contributed by atoms with Crippen molar-refractivity contribution in [3.05, 3.63) is 45.7 Å². The maximum Gasteiger partial charge on any atom is 0.241 e. The Morgan fingerprint density at radius 3 is 2.43 bits per heavy atom. The Kier molecular flexibility index (Phi) is 5.22. The molecule has 0 aliphatic heterocycles. The van der Waals surface area contributed by atoms with Gasteiger partial charge in [-0.15, -0.1) is 0 Å². The first-order chi connectivity index (χ1) is 10.1. The molecule has 1 atom stereocenters. The average molecular weight is 329 g/mol. The zero-order valence-electron chi connectivity index (χ0n) is 11.5. The van der Waals surface area contributed by atoms with Gasteiger partial charge in [-0.25, -0.2) is 4.98 Å². The van der Waals surface area contributed by atoms with Crippen LogP contribution in [0.25, 0.3) is 0 Å².